The molecular formula is C24H28N2O3. The van der Waals surface area contributed by atoms with Crippen molar-refractivity contribution in [2.24, 2.45) is 5.92 Å². The lowest BCUT2D eigenvalue weighted by Gasteiger charge is -2.27. The first-order valence-electron chi connectivity index (χ1n) is 9.90. The number of hydrogen-bond donors (Lipinski definition) is 1. The number of likely N-dealkylation sites (N-methyl/N-ethyl adjacent to an activating group) is 1. The molecule has 0 saturated heterocycles. The molecule has 1 N–H and O–H groups in total. The molecule has 0 aromatic heterocycles. The molecule has 1 aliphatic rings. The van der Waals surface area contributed by atoms with Gasteiger partial charge in [-0.3, -0.25) is 14.4 Å². The van der Waals surface area contributed by atoms with Crippen molar-refractivity contribution < 1.29 is 14.4 Å². The van der Waals surface area contributed by atoms with Gasteiger partial charge >= 0.3 is 0 Å². The number of ketones is 2. The summed E-state index contributed by atoms with van der Waals surface area (Å²) in [6.07, 6.45) is 1.20. The fraction of sp³-hybridized carbons (Fsp3) is 0.375. The lowest BCUT2D eigenvalue weighted by atomic mass is 9.87. The smallest absolute Gasteiger partial charge is 0.251 e. The van der Waals surface area contributed by atoms with E-state index in [-0.39, 0.29) is 23.5 Å². The van der Waals surface area contributed by atoms with Gasteiger partial charge in [-0.15, -0.1) is 0 Å². The van der Waals surface area contributed by atoms with Gasteiger partial charge in [0.05, 0.1) is 5.92 Å². The van der Waals surface area contributed by atoms with E-state index >= 15 is 0 Å². The van der Waals surface area contributed by atoms with Gasteiger partial charge in [0.15, 0.2) is 11.6 Å². The molecule has 2 aromatic carbocycles. The van der Waals surface area contributed by atoms with Crippen LogP contribution in [-0.4, -0.2) is 49.6 Å². The number of nitrogens with zero attached hydrogens (tertiary/aromatic N) is 1. The summed E-state index contributed by atoms with van der Waals surface area (Å²) in [5, 5.41) is 2.66. The van der Waals surface area contributed by atoms with Crippen LogP contribution in [0.15, 0.2) is 36.4 Å². The Morgan fingerprint density at radius 1 is 1.03 bits per heavy atom. The van der Waals surface area contributed by atoms with Crippen molar-refractivity contribution in [2.45, 2.75) is 32.7 Å². The zero-order valence-corrected chi connectivity index (χ0v) is 17.7. The normalized spacial score (nSPS) is 15.0. The maximum absolute atomic E-state index is 12.8. The summed E-state index contributed by atoms with van der Waals surface area (Å²) in [6.45, 7) is 4.01. The zero-order valence-electron chi connectivity index (χ0n) is 17.7. The van der Waals surface area contributed by atoms with Gasteiger partial charge in [0, 0.05) is 29.8 Å². The number of carbonyl (C=O) groups excluding carboxylic acids is 3. The Kier molecular flexibility index (Phi) is 5.99. The minimum atomic E-state index is -0.620. The number of hydrogen-bond acceptors (Lipinski definition) is 4. The molecule has 0 bridgehead atoms. The van der Waals surface area contributed by atoms with Gasteiger partial charge in [-0.1, -0.05) is 24.3 Å². The second-order valence-corrected chi connectivity index (χ2v) is 8.05. The van der Waals surface area contributed by atoms with E-state index < -0.39 is 5.92 Å². The minimum Gasteiger partial charge on any atom is -0.355 e. The maximum atomic E-state index is 12.8. The van der Waals surface area contributed by atoms with Crippen molar-refractivity contribution >= 4 is 17.5 Å². The van der Waals surface area contributed by atoms with Crippen LogP contribution >= 0.6 is 0 Å². The molecule has 0 aliphatic heterocycles. The Morgan fingerprint density at radius 2 is 1.55 bits per heavy atom. The maximum Gasteiger partial charge on any atom is 0.251 e. The minimum absolute atomic E-state index is 0.0328. The summed E-state index contributed by atoms with van der Waals surface area (Å²) in [5.74, 6) is -0.862. The fourth-order valence-electron chi connectivity index (χ4n) is 4.20. The fourth-order valence-corrected chi connectivity index (χ4v) is 4.20. The van der Waals surface area contributed by atoms with Crippen LogP contribution in [0.4, 0.5) is 0 Å². The van der Waals surface area contributed by atoms with Gasteiger partial charge in [-0.25, -0.2) is 0 Å². The Morgan fingerprint density at radius 3 is 2.00 bits per heavy atom. The third-order valence-corrected chi connectivity index (χ3v) is 5.95. The van der Waals surface area contributed by atoms with Crippen molar-refractivity contribution in [1.29, 1.82) is 0 Å². The number of nitrogens with one attached hydrogen (secondary N) is 1. The highest BCUT2D eigenvalue weighted by Crippen LogP contribution is 2.31. The van der Waals surface area contributed by atoms with E-state index in [1.165, 1.54) is 0 Å². The summed E-state index contributed by atoms with van der Waals surface area (Å²) in [5.41, 5.74) is 4.98. The van der Waals surface area contributed by atoms with Gasteiger partial charge in [-0.05, 0) is 69.6 Å². The highest BCUT2D eigenvalue weighted by atomic mass is 16.2. The third kappa shape index (κ3) is 4.01. The molecule has 0 radical (unpaired) electrons. The van der Waals surface area contributed by atoms with Crippen LogP contribution in [0.5, 0.6) is 0 Å². The van der Waals surface area contributed by atoms with Crippen molar-refractivity contribution in [3.63, 3.8) is 0 Å². The molecule has 5 heteroatoms. The lowest BCUT2D eigenvalue weighted by molar-refractivity contribution is 0.0803. The Labute approximate surface area is 172 Å². The number of carbonyl (C=O) groups is 3. The molecular weight excluding hydrogens is 364 g/mol. The van der Waals surface area contributed by atoms with Crippen molar-refractivity contribution in [2.75, 3.05) is 21.1 Å². The van der Waals surface area contributed by atoms with Gasteiger partial charge in [0.25, 0.3) is 5.91 Å². The van der Waals surface area contributed by atoms with E-state index in [0.717, 1.165) is 16.7 Å². The number of rotatable bonds is 6. The average molecular weight is 392 g/mol. The van der Waals surface area contributed by atoms with E-state index in [1.807, 2.05) is 40.1 Å². The third-order valence-electron chi connectivity index (χ3n) is 5.95. The van der Waals surface area contributed by atoms with E-state index in [1.54, 1.807) is 31.3 Å². The zero-order chi connectivity index (χ0) is 21.3. The van der Waals surface area contributed by atoms with Crippen LogP contribution in [0.1, 0.15) is 54.2 Å². The van der Waals surface area contributed by atoms with E-state index in [0.29, 0.717) is 29.5 Å². The van der Waals surface area contributed by atoms with Gasteiger partial charge < -0.3 is 10.2 Å². The molecule has 0 spiro atoms. The number of benzene rings is 2. The average Bonchev–Trinajstić information content (AvgIpc) is 2.93. The summed E-state index contributed by atoms with van der Waals surface area (Å²) in [6, 6.07) is 10.9. The first-order chi connectivity index (χ1) is 13.7. The van der Waals surface area contributed by atoms with Crippen LogP contribution in [0.2, 0.25) is 0 Å². The first kappa shape index (κ1) is 20.9. The number of fused-ring (bicyclic) bond motifs is 1. The monoisotopic (exact) mass is 392 g/mol. The Hall–Kier alpha value is -2.79. The van der Waals surface area contributed by atoms with E-state index in [2.05, 4.69) is 10.2 Å². The van der Waals surface area contributed by atoms with Crippen molar-refractivity contribution in [3.05, 3.63) is 69.8 Å². The summed E-state index contributed by atoms with van der Waals surface area (Å²) in [4.78, 5) is 39.7. The predicted molar refractivity (Wildman–Crippen MR) is 114 cm³/mol. The highest BCUT2D eigenvalue weighted by Gasteiger charge is 2.39. The van der Waals surface area contributed by atoms with Crippen LogP contribution in [-0.2, 0) is 6.42 Å². The molecule has 29 heavy (non-hydrogen) atoms. The number of aryl methyl sites for hydroxylation is 2. The second kappa shape index (κ2) is 8.29. The molecule has 152 valence electrons. The second-order valence-electron chi connectivity index (χ2n) is 8.05. The Balaban J connectivity index is 1.85. The quantitative estimate of drug-likeness (QED) is 0.767. The molecule has 0 heterocycles. The Bertz CT molecular complexity index is 920. The van der Waals surface area contributed by atoms with Crippen LogP contribution in [0, 0.1) is 19.8 Å². The molecule has 5 nitrogen and oxygen atoms in total. The van der Waals surface area contributed by atoms with E-state index in [4.69, 9.17) is 0 Å². The highest BCUT2D eigenvalue weighted by molar-refractivity contribution is 6.26. The predicted octanol–water partition coefficient (Wildman–Crippen LogP) is 3.22. The molecule has 1 aliphatic carbocycles. The van der Waals surface area contributed by atoms with Crippen molar-refractivity contribution in [3.8, 4) is 0 Å². The van der Waals surface area contributed by atoms with Crippen molar-refractivity contribution in [1.82, 2.24) is 10.2 Å². The molecule has 1 atom stereocenters. The summed E-state index contributed by atoms with van der Waals surface area (Å²) < 4.78 is 0. The molecule has 0 saturated carbocycles. The summed E-state index contributed by atoms with van der Waals surface area (Å²) in [7, 11) is 5.58. The van der Waals surface area contributed by atoms with Gasteiger partial charge in [0.2, 0.25) is 0 Å². The molecule has 0 unspecified atom stereocenters. The largest absolute Gasteiger partial charge is 0.355 e. The molecule has 0 fully saturated rings. The number of Topliss-reactive ketones (excluding diaryl/α,β-unsaturated/α-hetero) is 2. The topological polar surface area (TPSA) is 66.5 Å². The van der Waals surface area contributed by atoms with E-state index in [9.17, 15) is 14.4 Å². The first-order valence-corrected chi connectivity index (χ1v) is 9.90. The van der Waals surface area contributed by atoms with Crippen LogP contribution in [0.25, 0.3) is 0 Å². The standard InChI is InChI=1S/C24H28N2O3/c1-14-10-16(24(29)25-3)11-15(2)20(14)12-17(26(4)5)13-21-22(27)18-8-6-7-9-19(18)23(21)28/h6-11,17,21H,12-13H2,1-5H3,(H,25,29)/t17-/m0/s1. The lowest BCUT2D eigenvalue weighted by Crippen LogP contribution is -2.35. The summed E-state index contributed by atoms with van der Waals surface area (Å²) >= 11 is 0. The van der Waals surface area contributed by atoms with Gasteiger partial charge in [0.1, 0.15) is 0 Å². The molecule has 3 rings (SSSR count). The molecule has 2 aromatic rings. The SMILES string of the molecule is CNC(=O)c1cc(C)c(C[C@@H](CC2C(=O)c3ccccc3C2=O)N(C)C)c(C)c1. The van der Waals surface area contributed by atoms with Crippen LogP contribution in [0.3, 0.4) is 0 Å². The van der Waals surface area contributed by atoms with Gasteiger partial charge in [-0.2, -0.15) is 0 Å². The number of amides is 1. The van der Waals surface area contributed by atoms with Crippen LogP contribution < -0.4 is 5.32 Å². The molecule has 1 amide bonds.